The van der Waals surface area contributed by atoms with E-state index in [0.29, 0.717) is 18.7 Å². The van der Waals surface area contributed by atoms with Crippen LogP contribution in [0.4, 0.5) is 0 Å². The molecular formula is C20H26N4O2. The molecule has 1 amide bonds. The number of aromatic nitrogens is 3. The van der Waals surface area contributed by atoms with Crippen LogP contribution in [0.2, 0.25) is 0 Å². The van der Waals surface area contributed by atoms with Crippen LogP contribution in [0.15, 0.2) is 17.1 Å². The highest BCUT2D eigenvalue weighted by atomic mass is 16.2. The maximum absolute atomic E-state index is 13.1. The Morgan fingerprint density at radius 1 is 1.27 bits per heavy atom. The van der Waals surface area contributed by atoms with Gasteiger partial charge in [-0.15, -0.1) is 0 Å². The van der Waals surface area contributed by atoms with Gasteiger partial charge >= 0.3 is 0 Å². The van der Waals surface area contributed by atoms with Crippen molar-refractivity contribution in [3.63, 3.8) is 0 Å². The monoisotopic (exact) mass is 354 g/mol. The van der Waals surface area contributed by atoms with Gasteiger partial charge in [0.05, 0.1) is 5.69 Å². The van der Waals surface area contributed by atoms with Crippen LogP contribution in [-0.2, 0) is 19.9 Å². The molecule has 1 aliphatic heterocycles. The number of rotatable bonds is 2. The summed E-state index contributed by atoms with van der Waals surface area (Å²) in [6, 6.07) is 1.84. The number of H-pyrrole nitrogens is 1. The molecule has 3 heterocycles. The maximum Gasteiger partial charge on any atom is 0.261 e. The number of aryl methyl sites for hydroxylation is 4. The zero-order valence-electron chi connectivity index (χ0n) is 15.5. The van der Waals surface area contributed by atoms with E-state index in [1.165, 1.54) is 0 Å². The molecule has 26 heavy (non-hydrogen) atoms. The Morgan fingerprint density at radius 3 is 2.85 bits per heavy atom. The lowest BCUT2D eigenvalue weighted by Gasteiger charge is -2.32. The van der Waals surface area contributed by atoms with Crippen molar-refractivity contribution in [3.05, 3.63) is 51.0 Å². The minimum Gasteiger partial charge on any atom is -0.338 e. The molecule has 1 saturated heterocycles. The number of aromatic amines is 1. The first-order valence-electron chi connectivity index (χ1n) is 9.57. The molecule has 1 atom stereocenters. The second-order valence-electron chi connectivity index (χ2n) is 7.66. The molecule has 0 bridgehead atoms. The Morgan fingerprint density at radius 2 is 2.08 bits per heavy atom. The summed E-state index contributed by atoms with van der Waals surface area (Å²) in [4.78, 5) is 34.9. The number of fused-ring (bicyclic) bond motifs is 1. The highest BCUT2D eigenvalue weighted by Crippen LogP contribution is 2.27. The lowest BCUT2D eigenvalue weighted by molar-refractivity contribution is 0.0701. The molecule has 4 rings (SSSR count). The zero-order chi connectivity index (χ0) is 18.3. The number of imidazole rings is 1. The highest BCUT2D eigenvalue weighted by molar-refractivity contribution is 5.94. The molecule has 2 aromatic heterocycles. The number of nitrogens with one attached hydrogen (secondary N) is 1. The van der Waals surface area contributed by atoms with Crippen molar-refractivity contribution in [2.45, 2.75) is 51.4 Å². The third kappa shape index (κ3) is 3.08. The topological polar surface area (TPSA) is 71.0 Å². The number of likely N-dealkylation sites (tertiary alicyclic amines) is 1. The molecule has 0 aromatic carbocycles. The lowest BCUT2D eigenvalue weighted by Crippen LogP contribution is -2.42. The van der Waals surface area contributed by atoms with Gasteiger partial charge in [-0.05, 0) is 57.1 Å². The number of pyridine rings is 1. The second-order valence-corrected chi connectivity index (χ2v) is 7.66. The number of amides is 1. The van der Waals surface area contributed by atoms with Gasteiger partial charge in [-0.3, -0.25) is 9.59 Å². The molecule has 6 nitrogen and oxygen atoms in total. The fraction of sp³-hybridized carbons (Fsp3) is 0.550. The molecule has 1 N–H and O–H groups in total. The summed E-state index contributed by atoms with van der Waals surface area (Å²) in [6.45, 7) is 3.32. The van der Waals surface area contributed by atoms with Crippen LogP contribution in [-0.4, -0.2) is 38.4 Å². The van der Waals surface area contributed by atoms with Crippen molar-refractivity contribution >= 4 is 5.91 Å². The average molecular weight is 354 g/mol. The van der Waals surface area contributed by atoms with Crippen LogP contribution in [0.5, 0.6) is 0 Å². The predicted octanol–water partition coefficient (Wildman–Crippen LogP) is 2.32. The normalized spacial score (nSPS) is 20.1. The number of hydrogen-bond donors (Lipinski definition) is 1. The van der Waals surface area contributed by atoms with Crippen molar-refractivity contribution < 1.29 is 4.79 Å². The van der Waals surface area contributed by atoms with Gasteiger partial charge < -0.3 is 14.5 Å². The predicted molar refractivity (Wildman–Crippen MR) is 99.5 cm³/mol. The fourth-order valence-electron chi connectivity index (χ4n) is 4.39. The standard InChI is InChI=1S/C20H26N4O2/c1-13-11-23(2)18(21-13)15-7-5-9-24(12-15)20(26)16-10-14-6-3-4-8-17(14)22-19(16)25/h10-11,15H,3-9,12H2,1-2H3,(H,22,25)/t15-/m0/s1. The first-order valence-corrected chi connectivity index (χ1v) is 9.57. The van der Waals surface area contributed by atoms with Crippen molar-refractivity contribution in [2.24, 2.45) is 7.05 Å². The number of piperidine rings is 1. The van der Waals surface area contributed by atoms with Crippen LogP contribution in [0.3, 0.4) is 0 Å². The molecule has 0 unspecified atom stereocenters. The Balaban J connectivity index is 1.58. The quantitative estimate of drug-likeness (QED) is 0.900. The van der Waals surface area contributed by atoms with Crippen LogP contribution in [0.25, 0.3) is 0 Å². The molecule has 1 aliphatic carbocycles. The van der Waals surface area contributed by atoms with Gasteiger partial charge in [-0.25, -0.2) is 4.98 Å². The molecule has 1 fully saturated rings. The fourth-order valence-corrected chi connectivity index (χ4v) is 4.39. The number of carbonyl (C=O) groups excluding carboxylic acids is 1. The Kier molecular flexibility index (Phi) is 4.42. The van der Waals surface area contributed by atoms with Gasteiger partial charge in [0, 0.05) is 37.9 Å². The summed E-state index contributed by atoms with van der Waals surface area (Å²) in [5, 5.41) is 0. The third-order valence-corrected chi connectivity index (χ3v) is 5.68. The van der Waals surface area contributed by atoms with Crippen LogP contribution >= 0.6 is 0 Å². The van der Waals surface area contributed by atoms with E-state index in [-0.39, 0.29) is 17.4 Å². The van der Waals surface area contributed by atoms with E-state index in [9.17, 15) is 9.59 Å². The van der Waals surface area contributed by atoms with Crippen LogP contribution in [0, 0.1) is 6.92 Å². The smallest absolute Gasteiger partial charge is 0.261 e. The summed E-state index contributed by atoms with van der Waals surface area (Å²) in [7, 11) is 2.00. The van der Waals surface area contributed by atoms with E-state index in [1.54, 1.807) is 0 Å². The molecule has 6 heteroatoms. The van der Waals surface area contributed by atoms with E-state index >= 15 is 0 Å². The van der Waals surface area contributed by atoms with Crippen LogP contribution < -0.4 is 5.56 Å². The van der Waals surface area contributed by atoms with Crippen molar-refractivity contribution in [2.75, 3.05) is 13.1 Å². The maximum atomic E-state index is 13.1. The first-order chi connectivity index (χ1) is 12.5. The minimum atomic E-state index is -0.245. The summed E-state index contributed by atoms with van der Waals surface area (Å²) in [5.74, 6) is 1.11. The zero-order valence-corrected chi connectivity index (χ0v) is 15.5. The van der Waals surface area contributed by atoms with E-state index in [1.807, 2.05) is 31.1 Å². The Labute approximate surface area is 153 Å². The van der Waals surface area contributed by atoms with Gasteiger partial charge in [0.1, 0.15) is 11.4 Å². The van der Waals surface area contributed by atoms with Gasteiger partial charge in [0.15, 0.2) is 0 Å². The van der Waals surface area contributed by atoms with Gasteiger partial charge in [-0.1, -0.05) is 0 Å². The average Bonchev–Trinajstić information content (AvgIpc) is 2.99. The Hall–Kier alpha value is -2.37. The van der Waals surface area contributed by atoms with E-state index in [4.69, 9.17) is 0 Å². The van der Waals surface area contributed by atoms with Crippen molar-refractivity contribution in [1.29, 1.82) is 0 Å². The second kappa shape index (κ2) is 6.74. The third-order valence-electron chi connectivity index (χ3n) is 5.68. The van der Waals surface area contributed by atoms with E-state index in [2.05, 4.69) is 14.5 Å². The summed E-state index contributed by atoms with van der Waals surface area (Å²) in [5.41, 5.74) is 3.19. The lowest BCUT2D eigenvalue weighted by atomic mass is 9.94. The number of hydrogen-bond acceptors (Lipinski definition) is 3. The van der Waals surface area contributed by atoms with Gasteiger partial charge in [-0.2, -0.15) is 0 Å². The SMILES string of the molecule is Cc1cn(C)c([C@H]2CCCN(C(=O)c3cc4c([nH]c3=O)CCCC4)C2)n1. The molecule has 138 valence electrons. The van der Waals surface area contributed by atoms with Crippen molar-refractivity contribution in [1.82, 2.24) is 19.4 Å². The van der Waals surface area contributed by atoms with Gasteiger partial charge in [0.25, 0.3) is 11.5 Å². The summed E-state index contributed by atoms with van der Waals surface area (Å²) in [6.07, 6.45) is 8.05. The minimum absolute atomic E-state index is 0.143. The molecular weight excluding hydrogens is 328 g/mol. The molecule has 2 aromatic rings. The molecule has 0 spiro atoms. The first kappa shape index (κ1) is 17.1. The van der Waals surface area contributed by atoms with Crippen LogP contribution in [0.1, 0.15) is 64.7 Å². The van der Waals surface area contributed by atoms with Crippen molar-refractivity contribution in [3.8, 4) is 0 Å². The van der Waals surface area contributed by atoms with E-state index in [0.717, 1.165) is 61.3 Å². The molecule has 0 saturated carbocycles. The molecule has 0 radical (unpaired) electrons. The number of nitrogens with zero attached hydrogens (tertiary/aromatic N) is 3. The van der Waals surface area contributed by atoms with E-state index < -0.39 is 0 Å². The number of carbonyl (C=O) groups is 1. The van der Waals surface area contributed by atoms with Gasteiger partial charge in [0.2, 0.25) is 0 Å². The summed E-state index contributed by atoms with van der Waals surface area (Å²) < 4.78 is 2.06. The summed E-state index contributed by atoms with van der Waals surface area (Å²) >= 11 is 0. The highest BCUT2D eigenvalue weighted by Gasteiger charge is 2.29. The Bertz CT molecular complexity index is 896. The largest absolute Gasteiger partial charge is 0.338 e. The molecule has 2 aliphatic rings.